The molecule has 0 unspecified atom stereocenters. The maximum absolute atomic E-state index is 12.3. The lowest BCUT2D eigenvalue weighted by molar-refractivity contribution is -0.116. The van der Waals surface area contributed by atoms with Crippen LogP contribution >= 0.6 is 34.8 Å². The van der Waals surface area contributed by atoms with E-state index in [1.165, 1.54) is 30.3 Å². The third-order valence-corrected chi connectivity index (χ3v) is 4.22. The second kappa shape index (κ2) is 6.43. The van der Waals surface area contributed by atoms with E-state index in [9.17, 15) is 14.4 Å². The molecule has 1 aliphatic heterocycles. The van der Waals surface area contributed by atoms with Crippen molar-refractivity contribution < 1.29 is 14.4 Å². The van der Waals surface area contributed by atoms with Crippen LogP contribution in [0.3, 0.4) is 0 Å². The predicted molar refractivity (Wildman–Crippen MR) is 91.9 cm³/mol. The summed E-state index contributed by atoms with van der Waals surface area (Å²) in [5.41, 5.74) is 0.747. The summed E-state index contributed by atoms with van der Waals surface area (Å²) in [6, 6.07) is 8.96. The molecule has 0 fully saturated rings. The van der Waals surface area contributed by atoms with Gasteiger partial charge in [0.2, 0.25) is 5.91 Å². The maximum atomic E-state index is 12.3. The van der Waals surface area contributed by atoms with Crippen molar-refractivity contribution >= 4 is 58.2 Å². The van der Waals surface area contributed by atoms with Gasteiger partial charge < -0.3 is 5.32 Å². The van der Waals surface area contributed by atoms with Gasteiger partial charge in [0.1, 0.15) is 6.54 Å². The molecule has 0 saturated carbocycles. The summed E-state index contributed by atoms with van der Waals surface area (Å²) in [6.45, 7) is -0.428. The van der Waals surface area contributed by atoms with Gasteiger partial charge in [0.05, 0.1) is 21.8 Å². The molecule has 2 aromatic rings. The zero-order valence-electron chi connectivity index (χ0n) is 12.0. The van der Waals surface area contributed by atoms with Crippen molar-refractivity contribution in [1.29, 1.82) is 0 Å². The largest absolute Gasteiger partial charge is 0.323 e. The van der Waals surface area contributed by atoms with E-state index in [2.05, 4.69) is 5.32 Å². The lowest BCUT2D eigenvalue weighted by atomic mass is 10.1. The number of halogens is 3. The Morgan fingerprint density at radius 2 is 1.54 bits per heavy atom. The average Bonchev–Trinajstić information content (AvgIpc) is 2.75. The average molecular weight is 384 g/mol. The molecule has 1 N–H and O–H groups in total. The maximum Gasteiger partial charge on any atom is 0.262 e. The van der Waals surface area contributed by atoms with Crippen molar-refractivity contribution in [2.24, 2.45) is 0 Å². The van der Waals surface area contributed by atoms with Crippen LogP contribution in [0.25, 0.3) is 0 Å². The van der Waals surface area contributed by atoms with E-state index in [0.29, 0.717) is 15.7 Å². The molecule has 3 amide bonds. The normalized spacial score (nSPS) is 13.2. The summed E-state index contributed by atoms with van der Waals surface area (Å²) < 4.78 is 0. The first-order valence-electron chi connectivity index (χ1n) is 6.77. The van der Waals surface area contributed by atoms with Gasteiger partial charge in [0.15, 0.2) is 0 Å². The Hall–Kier alpha value is -2.08. The molecule has 0 aromatic heterocycles. The number of amides is 3. The van der Waals surface area contributed by atoms with Crippen molar-refractivity contribution in [3.63, 3.8) is 0 Å². The number of rotatable bonds is 3. The van der Waals surface area contributed by atoms with E-state index in [1.54, 1.807) is 6.07 Å². The lowest BCUT2D eigenvalue weighted by Crippen LogP contribution is -2.37. The summed E-state index contributed by atoms with van der Waals surface area (Å²) in [5.74, 6) is -1.65. The fourth-order valence-corrected chi connectivity index (χ4v) is 2.96. The Morgan fingerprint density at radius 1 is 0.917 bits per heavy atom. The first-order valence-corrected chi connectivity index (χ1v) is 7.91. The molecule has 2 aromatic carbocycles. The predicted octanol–water partition coefficient (Wildman–Crippen LogP) is 3.88. The van der Waals surface area contributed by atoms with Gasteiger partial charge >= 0.3 is 0 Å². The Bertz CT molecular complexity index is 883. The van der Waals surface area contributed by atoms with E-state index in [0.717, 1.165) is 4.90 Å². The Labute approximate surface area is 152 Å². The molecule has 0 atom stereocenters. The molecule has 122 valence electrons. The van der Waals surface area contributed by atoms with Crippen molar-refractivity contribution in [2.75, 3.05) is 11.9 Å². The van der Waals surface area contributed by atoms with Gasteiger partial charge in [-0.3, -0.25) is 19.3 Å². The molecule has 8 heteroatoms. The zero-order valence-corrected chi connectivity index (χ0v) is 14.2. The van der Waals surface area contributed by atoms with Gasteiger partial charge in [-0.05, 0) is 36.4 Å². The van der Waals surface area contributed by atoms with E-state index < -0.39 is 24.3 Å². The van der Waals surface area contributed by atoms with Crippen LogP contribution in [0, 0.1) is 0 Å². The van der Waals surface area contributed by atoms with Crippen molar-refractivity contribution in [1.82, 2.24) is 4.90 Å². The number of hydrogen-bond acceptors (Lipinski definition) is 3. The Balaban J connectivity index is 1.76. The number of carbonyl (C=O) groups is 3. The molecule has 24 heavy (non-hydrogen) atoms. The molecule has 0 spiro atoms. The number of benzene rings is 2. The highest BCUT2D eigenvalue weighted by Gasteiger charge is 2.36. The minimum Gasteiger partial charge on any atom is -0.323 e. The minimum atomic E-state index is -0.560. The van der Waals surface area contributed by atoms with E-state index in [1.807, 2.05) is 0 Å². The highest BCUT2D eigenvalue weighted by molar-refractivity contribution is 6.36. The number of carbonyl (C=O) groups excluding carboxylic acids is 3. The summed E-state index contributed by atoms with van der Waals surface area (Å²) in [4.78, 5) is 37.5. The van der Waals surface area contributed by atoms with Gasteiger partial charge in [-0.25, -0.2) is 0 Å². The van der Waals surface area contributed by atoms with Gasteiger partial charge in [-0.15, -0.1) is 0 Å². The zero-order chi connectivity index (χ0) is 17.4. The standard InChI is InChI=1S/C16H9Cl3N2O3/c17-8-1-3-10-11(5-8)16(24)21(15(10)23)7-14(22)20-13-4-2-9(18)6-12(13)19/h1-6H,7H2,(H,20,22). The Morgan fingerprint density at radius 3 is 2.25 bits per heavy atom. The van der Waals surface area contributed by atoms with Crippen LogP contribution in [0.1, 0.15) is 20.7 Å². The van der Waals surface area contributed by atoms with Crippen LogP contribution in [-0.2, 0) is 4.79 Å². The Kier molecular flexibility index (Phi) is 4.49. The molecular formula is C16H9Cl3N2O3. The van der Waals surface area contributed by atoms with Crippen LogP contribution in [0.2, 0.25) is 15.1 Å². The van der Waals surface area contributed by atoms with Crippen molar-refractivity contribution in [3.05, 3.63) is 62.6 Å². The molecule has 0 saturated heterocycles. The lowest BCUT2D eigenvalue weighted by Gasteiger charge is -2.14. The number of anilines is 1. The summed E-state index contributed by atoms with van der Waals surface area (Å²) in [6.07, 6.45) is 0. The molecule has 0 aliphatic carbocycles. The third kappa shape index (κ3) is 3.11. The SMILES string of the molecule is O=C(CN1C(=O)c2ccc(Cl)cc2C1=O)Nc1ccc(Cl)cc1Cl. The van der Waals surface area contributed by atoms with Crippen LogP contribution in [0.4, 0.5) is 5.69 Å². The quantitative estimate of drug-likeness (QED) is 0.818. The summed E-state index contributed by atoms with van der Waals surface area (Å²) in [5, 5.41) is 3.56. The molecule has 1 heterocycles. The van der Waals surface area contributed by atoms with Crippen LogP contribution < -0.4 is 5.32 Å². The highest BCUT2D eigenvalue weighted by atomic mass is 35.5. The second-order valence-electron chi connectivity index (χ2n) is 5.06. The van der Waals surface area contributed by atoms with Crippen molar-refractivity contribution in [3.8, 4) is 0 Å². The fraction of sp³-hybridized carbons (Fsp3) is 0.0625. The number of nitrogens with zero attached hydrogens (tertiary/aromatic N) is 1. The van der Waals surface area contributed by atoms with E-state index in [4.69, 9.17) is 34.8 Å². The van der Waals surface area contributed by atoms with Crippen LogP contribution in [0.15, 0.2) is 36.4 Å². The second-order valence-corrected chi connectivity index (χ2v) is 6.34. The molecule has 0 radical (unpaired) electrons. The van der Waals surface area contributed by atoms with E-state index in [-0.39, 0.29) is 16.1 Å². The highest BCUT2D eigenvalue weighted by Crippen LogP contribution is 2.27. The number of imide groups is 1. The molecule has 5 nitrogen and oxygen atoms in total. The van der Waals surface area contributed by atoms with Gasteiger partial charge in [-0.2, -0.15) is 0 Å². The smallest absolute Gasteiger partial charge is 0.262 e. The molecule has 3 rings (SSSR count). The fourth-order valence-electron chi connectivity index (χ4n) is 2.33. The van der Waals surface area contributed by atoms with Gasteiger partial charge in [0.25, 0.3) is 11.8 Å². The molecule has 1 aliphatic rings. The molecular weight excluding hydrogens is 375 g/mol. The topological polar surface area (TPSA) is 66.5 Å². The monoisotopic (exact) mass is 382 g/mol. The molecule has 0 bridgehead atoms. The van der Waals surface area contributed by atoms with Crippen LogP contribution in [0.5, 0.6) is 0 Å². The summed E-state index contributed by atoms with van der Waals surface area (Å²) in [7, 11) is 0. The van der Waals surface area contributed by atoms with Gasteiger partial charge in [0, 0.05) is 10.0 Å². The van der Waals surface area contributed by atoms with E-state index >= 15 is 0 Å². The number of fused-ring (bicyclic) bond motifs is 1. The number of hydrogen-bond donors (Lipinski definition) is 1. The first kappa shape index (κ1) is 16.8. The first-order chi connectivity index (χ1) is 11.4. The minimum absolute atomic E-state index is 0.185. The third-order valence-electron chi connectivity index (χ3n) is 3.44. The van der Waals surface area contributed by atoms with Crippen molar-refractivity contribution in [2.45, 2.75) is 0 Å². The summed E-state index contributed by atoms with van der Waals surface area (Å²) >= 11 is 17.6. The number of nitrogens with one attached hydrogen (secondary N) is 1. The van der Waals surface area contributed by atoms with Crippen LogP contribution in [-0.4, -0.2) is 29.2 Å². The van der Waals surface area contributed by atoms with Gasteiger partial charge in [-0.1, -0.05) is 34.8 Å².